The quantitative estimate of drug-likeness (QED) is 0.628. The molecule has 1 aliphatic heterocycles. The summed E-state index contributed by atoms with van der Waals surface area (Å²) in [4.78, 5) is 16.8. The van der Waals surface area contributed by atoms with Gasteiger partial charge in [0, 0.05) is 17.0 Å². The number of hydrogen-bond acceptors (Lipinski definition) is 5. The third kappa shape index (κ3) is 3.39. The molecule has 1 heterocycles. The number of benzene rings is 1. The highest BCUT2D eigenvalue weighted by Crippen LogP contribution is 2.35. The molecule has 0 spiro atoms. The molecule has 2 rings (SSSR count). The molecule has 0 N–H and O–H groups in total. The Morgan fingerprint density at radius 2 is 2.25 bits per heavy atom. The zero-order valence-corrected chi connectivity index (χ0v) is 13.5. The van der Waals surface area contributed by atoms with E-state index in [4.69, 9.17) is 16.4 Å². The van der Waals surface area contributed by atoms with Gasteiger partial charge in [0.2, 0.25) is 0 Å². The van der Waals surface area contributed by atoms with Crippen molar-refractivity contribution in [2.24, 2.45) is 5.16 Å². The minimum absolute atomic E-state index is 0.118. The second kappa shape index (κ2) is 6.69. The molecule has 1 aliphatic rings. The van der Waals surface area contributed by atoms with Gasteiger partial charge in [0.05, 0.1) is 11.1 Å². The van der Waals surface area contributed by atoms with Gasteiger partial charge in [-0.1, -0.05) is 44.8 Å². The molecule has 1 aromatic carbocycles. The van der Waals surface area contributed by atoms with Gasteiger partial charge in [-0.25, -0.2) is 8.42 Å². The van der Waals surface area contributed by atoms with E-state index in [0.29, 0.717) is 21.9 Å². The standard InChI is InChI=1S/C12H11BrClNO4S/c13-5-10(16)9-4-11(19-15-9)12-7(6-20(17)18)2-1-3-8(12)14/h1-3,11,20H,4-6H2. The van der Waals surface area contributed by atoms with Gasteiger partial charge in [-0.2, -0.15) is 0 Å². The second-order valence-corrected chi connectivity index (χ2v) is 6.15. The van der Waals surface area contributed by atoms with Crippen LogP contribution in [0.4, 0.5) is 0 Å². The van der Waals surface area contributed by atoms with Crippen molar-refractivity contribution in [3.05, 3.63) is 34.3 Å². The predicted octanol–water partition coefficient (Wildman–Crippen LogP) is 2.23. The molecular weight excluding hydrogens is 370 g/mol. The Bertz CT molecular complexity index is 636. The lowest BCUT2D eigenvalue weighted by atomic mass is 9.99. The second-order valence-electron chi connectivity index (χ2n) is 4.20. The van der Waals surface area contributed by atoms with Crippen molar-refractivity contribution >= 4 is 49.7 Å². The average Bonchev–Trinajstić information content (AvgIpc) is 2.86. The Morgan fingerprint density at radius 3 is 2.90 bits per heavy atom. The van der Waals surface area contributed by atoms with Crippen LogP contribution in [0.25, 0.3) is 0 Å². The number of hydrogen-bond donors (Lipinski definition) is 1. The van der Waals surface area contributed by atoms with E-state index in [1.807, 2.05) is 0 Å². The summed E-state index contributed by atoms with van der Waals surface area (Å²) in [5.74, 6) is -0.275. The maximum absolute atomic E-state index is 11.6. The third-order valence-electron chi connectivity index (χ3n) is 2.88. The van der Waals surface area contributed by atoms with Gasteiger partial charge in [0.15, 0.2) is 11.9 Å². The van der Waals surface area contributed by atoms with E-state index in [0.717, 1.165) is 0 Å². The van der Waals surface area contributed by atoms with Gasteiger partial charge in [-0.3, -0.25) is 4.79 Å². The predicted molar refractivity (Wildman–Crippen MR) is 80.1 cm³/mol. The molecule has 0 bridgehead atoms. The van der Waals surface area contributed by atoms with Crippen LogP contribution in [0.5, 0.6) is 0 Å². The first-order chi connectivity index (χ1) is 9.52. The van der Waals surface area contributed by atoms with E-state index >= 15 is 0 Å². The maximum Gasteiger partial charge on any atom is 0.191 e. The highest BCUT2D eigenvalue weighted by Gasteiger charge is 2.30. The van der Waals surface area contributed by atoms with Gasteiger partial charge >= 0.3 is 0 Å². The Hall–Kier alpha value is -0.920. The summed E-state index contributed by atoms with van der Waals surface area (Å²) in [6.45, 7) is 0. The van der Waals surface area contributed by atoms with E-state index in [1.165, 1.54) is 0 Å². The highest BCUT2D eigenvalue weighted by molar-refractivity contribution is 9.09. The largest absolute Gasteiger partial charge is 0.387 e. The minimum Gasteiger partial charge on any atom is -0.387 e. The summed E-state index contributed by atoms with van der Waals surface area (Å²) in [5, 5.41) is 4.33. The molecule has 0 saturated heterocycles. The van der Waals surface area contributed by atoms with E-state index in [9.17, 15) is 13.2 Å². The average molecular weight is 381 g/mol. The molecular formula is C12H11BrClNO4S. The van der Waals surface area contributed by atoms with Crippen LogP contribution in [0, 0.1) is 0 Å². The molecule has 0 aromatic heterocycles. The van der Waals surface area contributed by atoms with Crippen LogP contribution >= 0.6 is 27.5 Å². The van der Waals surface area contributed by atoms with Crippen LogP contribution in [0.2, 0.25) is 5.02 Å². The molecule has 1 aromatic rings. The van der Waals surface area contributed by atoms with Crippen molar-refractivity contribution in [1.29, 1.82) is 0 Å². The maximum atomic E-state index is 11.6. The zero-order valence-electron chi connectivity index (χ0n) is 10.2. The molecule has 108 valence electrons. The summed E-state index contributed by atoms with van der Waals surface area (Å²) >= 11 is 9.20. The molecule has 0 fully saturated rings. The lowest BCUT2D eigenvalue weighted by molar-refractivity contribution is -0.110. The summed E-state index contributed by atoms with van der Waals surface area (Å²) in [5.41, 5.74) is 1.47. The first-order valence-electron chi connectivity index (χ1n) is 5.74. The van der Waals surface area contributed by atoms with Crippen molar-refractivity contribution in [3.63, 3.8) is 0 Å². The molecule has 8 heteroatoms. The fourth-order valence-electron chi connectivity index (χ4n) is 1.99. The van der Waals surface area contributed by atoms with Crippen molar-refractivity contribution in [3.8, 4) is 0 Å². The summed E-state index contributed by atoms with van der Waals surface area (Å²) in [7, 11) is -2.57. The fraction of sp³-hybridized carbons (Fsp3) is 0.333. The lowest BCUT2D eigenvalue weighted by Gasteiger charge is -2.14. The zero-order chi connectivity index (χ0) is 14.7. The Kier molecular flexibility index (Phi) is 5.17. The molecule has 0 radical (unpaired) electrons. The van der Waals surface area contributed by atoms with Gasteiger partial charge in [0.1, 0.15) is 16.4 Å². The van der Waals surface area contributed by atoms with E-state index < -0.39 is 16.8 Å². The normalized spacial score (nSPS) is 17.9. The van der Waals surface area contributed by atoms with Crippen molar-refractivity contribution in [2.45, 2.75) is 18.3 Å². The minimum atomic E-state index is -2.57. The summed E-state index contributed by atoms with van der Waals surface area (Å²) in [6.07, 6.45) is -0.233. The summed E-state index contributed by atoms with van der Waals surface area (Å²) < 4.78 is 21.9. The van der Waals surface area contributed by atoms with Gasteiger partial charge in [-0.15, -0.1) is 0 Å². The number of nitrogens with zero attached hydrogens (tertiary/aromatic N) is 1. The summed E-state index contributed by atoms with van der Waals surface area (Å²) in [6, 6.07) is 5.02. The fourth-order valence-corrected chi connectivity index (χ4v) is 3.19. The molecule has 0 aliphatic carbocycles. The Labute approximate surface area is 131 Å². The molecule has 5 nitrogen and oxygen atoms in total. The SMILES string of the molecule is O=C(CBr)C1=NOC(c2c(Cl)cccc2C[SH](=O)=O)C1. The molecule has 0 saturated carbocycles. The molecule has 20 heavy (non-hydrogen) atoms. The molecule has 1 atom stereocenters. The van der Waals surface area contributed by atoms with Crippen LogP contribution < -0.4 is 0 Å². The Balaban J connectivity index is 2.28. The number of carbonyl (C=O) groups excluding carboxylic acids is 1. The number of thiol groups is 1. The van der Waals surface area contributed by atoms with E-state index in [2.05, 4.69) is 21.1 Å². The topological polar surface area (TPSA) is 72.8 Å². The van der Waals surface area contributed by atoms with Gasteiger partial charge < -0.3 is 4.84 Å². The Morgan fingerprint density at radius 1 is 1.50 bits per heavy atom. The monoisotopic (exact) mass is 379 g/mol. The van der Waals surface area contributed by atoms with Crippen molar-refractivity contribution < 1.29 is 18.0 Å². The van der Waals surface area contributed by atoms with Crippen LogP contribution in [0.3, 0.4) is 0 Å². The number of rotatable bonds is 5. The number of carbonyl (C=O) groups is 1. The smallest absolute Gasteiger partial charge is 0.191 e. The van der Waals surface area contributed by atoms with Gasteiger partial charge in [-0.05, 0) is 11.6 Å². The number of oxime groups is 1. The number of alkyl halides is 1. The van der Waals surface area contributed by atoms with Gasteiger partial charge in [0.25, 0.3) is 0 Å². The van der Waals surface area contributed by atoms with Crippen LogP contribution in [-0.2, 0) is 26.1 Å². The molecule has 0 amide bonds. The molecule has 1 unspecified atom stereocenters. The van der Waals surface area contributed by atoms with Crippen molar-refractivity contribution in [2.75, 3.05) is 5.33 Å². The third-order valence-corrected chi connectivity index (χ3v) is 4.31. The lowest BCUT2D eigenvalue weighted by Crippen LogP contribution is -2.14. The number of ketones is 1. The first kappa shape index (κ1) is 15.5. The van der Waals surface area contributed by atoms with Crippen molar-refractivity contribution in [1.82, 2.24) is 0 Å². The van der Waals surface area contributed by atoms with E-state index in [-0.39, 0.29) is 23.3 Å². The van der Waals surface area contributed by atoms with Crippen LogP contribution in [-0.4, -0.2) is 25.2 Å². The highest BCUT2D eigenvalue weighted by atomic mass is 79.9. The number of halogens is 2. The first-order valence-corrected chi connectivity index (χ1v) is 8.60. The number of Topliss-reactive ketones (excluding diaryl/α,β-unsaturated/α-hetero) is 1. The van der Waals surface area contributed by atoms with Crippen LogP contribution in [0.15, 0.2) is 23.4 Å². The van der Waals surface area contributed by atoms with E-state index in [1.54, 1.807) is 18.2 Å². The van der Waals surface area contributed by atoms with Crippen LogP contribution in [0.1, 0.15) is 23.7 Å².